The van der Waals surface area contributed by atoms with Gasteiger partial charge in [0.25, 0.3) is 0 Å². The van der Waals surface area contributed by atoms with E-state index in [-0.39, 0.29) is 0 Å². The molecule has 0 saturated carbocycles. The predicted octanol–water partition coefficient (Wildman–Crippen LogP) is 1.18. The topological polar surface area (TPSA) is 44.5 Å². The summed E-state index contributed by atoms with van der Waals surface area (Å²) in [7, 11) is 0. The van der Waals surface area contributed by atoms with Gasteiger partial charge in [0.15, 0.2) is 0 Å². The molecule has 1 unspecified atom stereocenters. The van der Waals surface area contributed by atoms with Gasteiger partial charge in [0, 0.05) is 17.3 Å². The Kier molecular flexibility index (Phi) is 1.71. The van der Waals surface area contributed by atoms with Crippen LogP contribution in [0, 0.1) is 0 Å². The second-order valence-corrected chi connectivity index (χ2v) is 3.32. The summed E-state index contributed by atoms with van der Waals surface area (Å²) >= 11 is -2.15. The van der Waals surface area contributed by atoms with E-state index in [1.165, 1.54) is 0 Å². The molecule has 0 bridgehead atoms. The van der Waals surface area contributed by atoms with Crippen LogP contribution in [0.3, 0.4) is 0 Å². The van der Waals surface area contributed by atoms with Crippen molar-refractivity contribution in [1.82, 2.24) is 4.40 Å². The summed E-state index contributed by atoms with van der Waals surface area (Å²) in [5, 5.41) is 0. The number of fused-ring (bicyclic) bond motifs is 1. The van der Waals surface area contributed by atoms with Crippen molar-refractivity contribution in [1.29, 1.82) is 0 Å². The Morgan fingerprint density at radius 2 is 1.92 bits per heavy atom. The highest BCUT2D eigenvalue weighted by Gasteiger charge is 1.98. The van der Waals surface area contributed by atoms with Crippen molar-refractivity contribution in [2.75, 3.05) is 0 Å². The standard InChI is InChI=1S/C8H7NO2S/c10-12(11)8-4-2-6-9-5-1-3-7(8)9/h1-6H,(H,10,11)/p-1. The minimum Gasteiger partial charge on any atom is -0.768 e. The third-order valence-corrected chi connectivity index (χ3v) is 2.41. The highest BCUT2D eigenvalue weighted by molar-refractivity contribution is 7.79. The van der Waals surface area contributed by atoms with Gasteiger partial charge in [0.05, 0.1) is 5.52 Å². The van der Waals surface area contributed by atoms with Crippen LogP contribution in [0.5, 0.6) is 0 Å². The molecular weight excluding hydrogens is 174 g/mol. The van der Waals surface area contributed by atoms with Crippen LogP contribution in [0.1, 0.15) is 0 Å². The van der Waals surface area contributed by atoms with Crippen LogP contribution in [-0.2, 0) is 11.1 Å². The van der Waals surface area contributed by atoms with Crippen molar-refractivity contribution in [2.24, 2.45) is 0 Å². The lowest BCUT2D eigenvalue weighted by Gasteiger charge is -2.06. The van der Waals surface area contributed by atoms with E-state index in [1.54, 1.807) is 22.6 Å². The van der Waals surface area contributed by atoms with Crippen LogP contribution < -0.4 is 0 Å². The van der Waals surface area contributed by atoms with E-state index in [1.807, 2.05) is 18.5 Å². The Hall–Kier alpha value is -1.13. The summed E-state index contributed by atoms with van der Waals surface area (Å²) < 4.78 is 23.2. The second-order valence-electron chi connectivity index (χ2n) is 2.41. The molecule has 2 aromatic rings. The molecule has 0 aliphatic rings. The predicted molar refractivity (Wildman–Crippen MR) is 44.6 cm³/mol. The monoisotopic (exact) mass is 180 g/mol. The van der Waals surface area contributed by atoms with Crippen molar-refractivity contribution in [3.63, 3.8) is 0 Å². The summed E-state index contributed by atoms with van der Waals surface area (Å²) in [5.41, 5.74) is 0.714. The molecule has 0 radical (unpaired) electrons. The third kappa shape index (κ3) is 1.05. The number of pyridine rings is 1. The first-order valence-corrected chi connectivity index (χ1v) is 4.51. The molecular formula is C8H6NO2S-. The lowest BCUT2D eigenvalue weighted by Crippen LogP contribution is -1.92. The summed E-state index contributed by atoms with van der Waals surface area (Å²) in [6.07, 6.45) is 3.62. The van der Waals surface area contributed by atoms with E-state index in [4.69, 9.17) is 0 Å². The van der Waals surface area contributed by atoms with Gasteiger partial charge in [-0.1, -0.05) is 0 Å². The van der Waals surface area contributed by atoms with Gasteiger partial charge < -0.3 is 8.95 Å². The van der Waals surface area contributed by atoms with Crippen LogP contribution in [0.25, 0.3) is 5.52 Å². The molecule has 0 fully saturated rings. The van der Waals surface area contributed by atoms with Crippen molar-refractivity contribution >= 4 is 16.6 Å². The van der Waals surface area contributed by atoms with Gasteiger partial charge in [-0.2, -0.15) is 0 Å². The first kappa shape index (κ1) is 7.52. The second kappa shape index (κ2) is 2.73. The highest BCUT2D eigenvalue weighted by Crippen LogP contribution is 2.13. The minimum absolute atomic E-state index is 0.336. The average Bonchev–Trinajstić information content (AvgIpc) is 2.49. The molecule has 0 saturated heterocycles. The third-order valence-electron chi connectivity index (χ3n) is 1.71. The van der Waals surface area contributed by atoms with Gasteiger partial charge >= 0.3 is 0 Å². The van der Waals surface area contributed by atoms with Gasteiger partial charge in [0.2, 0.25) is 0 Å². The lowest BCUT2D eigenvalue weighted by atomic mass is 10.4. The number of hydrogen-bond acceptors (Lipinski definition) is 2. The smallest absolute Gasteiger partial charge is 0.0600 e. The van der Waals surface area contributed by atoms with Crippen LogP contribution in [-0.4, -0.2) is 13.2 Å². The van der Waals surface area contributed by atoms with Crippen LogP contribution >= 0.6 is 0 Å². The van der Waals surface area contributed by atoms with Crippen LogP contribution in [0.15, 0.2) is 41.6 Å². The Balaban J connectivity index is 2.82. The zero-order chi connectivity index (χ0) is 8.55. The van der Waals surface area contributed by atoms with E-state index in [9.17, 15) is 8.76 Å². The van der Waals surface area contributed by atoms with Crippen molar-refractivity contribution in [2.45, 2.75) is 4.90 Å². The largest absolute Gasteiger partial charge is 0.768 e. The van der Waals surface area contributed by atoms with E-state index < -0.39 is 11.1 Å². The summed E-state index contributed by atoms with van der Waals surface area (Å²) in [5.74, 6) is 0. The van der Waals surface area contributed by atoms with Crippen molar-refractivity contribution in [3.05, 3.63) is 36.7 Å². The number of rotatable bonds is 1. The quantitative estimate of drug-likeness (QED) is 0.618. The van der Waals surface area contributed by atoms with Gasteiger partial charge in [0.1, 0.15) is 0 Å². The first-order valence-electron chi connectivity index (χ1n) is 3.44. The SMILES string of the molecule is O=S([O-])c1cccn2cccc12. The molecule has 2 aromatic heterocycles. The van der Waals surface area contributed by atoms with Crippen molar-refractivity contribution < 1.29 is 8.76 Å². The molecule has 0 aliphatic heterocycles. The van der Waals surface area contributed by atoms with Gasteiger partial charge in [-0.25, -0.2) is 0 Å². The fourth-order valence-electron chi connectivity index (χ4n) is 1.18. The lowest BCUT2D eigenvalue weighted by molar-refractivity contribution is 0.537. The fourth-order valence-corrected chi connectivity index (χ4v) is 1.72. The molecule has 2 rings (SSSR count). The molecule has 0 amide bonds. The fraction of sp³-hybridized carbons (Fsp3) is 0. The Morgan fingerprint density at radius 3 is 2.58 bits per heavy atom. The maximum atomic E-state index is 10.7. The molecule has 1 atom stereocenters. The molecule has 62 valence electrons. The first-order chi connectivity index (χ1) is 5.79. The number of hydrogen-bond donors (Lipinski definition) is 0. The Morgan fingerprint density at radius 1 is 1.25 bits per heavy atom. The molecule has 12 heavy (non-hydrogen) atoms. The highest BCUT2D eigenvalue weighted by atomic mass is 32.2. The minimum atomic E-state index is -2.15. The van der Waals surface area contributed by atoms with E-state index in [2.05, 4.69) is 0 Å². The summed E-state index contributed by atoms with van der Waals surface area (Å²) in [4.78, 5) is 0.336. The van der Waals surface area contributed by atoms with E-state index >= 15 is 0 Å². The zero-order valence-corrected chi connectivity index (χ0v) is 6.95. The van der Waals surface area contributed by atoms with E-state index in [0.29, 0.717) is 10.4 Å². The Bertz CT molecular complexity index is 435. The summed E-state index contributed by atoms with van der Waals surface area (Å²) in [6.45, 7) is 0. The van der Waals surface area contributed by atoms with E-state index in [0.717, 1.165) is 0 Å². The zero-order valence-electron chi connectivity index (χ0n) is 6.14. The molecule has 0 N–H and O–H groups in total. The molecule has 0 aromatic carbocycles. The number of nitrogens with zero attached hydrogens (tertiary/aromatic N) is 1. The molecule has 2 heterocycles. The van der Waals surface area contributed by atoms with Gasteiger partial charge in [-0.05, 0) is 35.3 Å². The van der Waals surface area contributed by atoms with Gasteiger partial charge in [-0.15, -0.1) is 0 Å². The maximum Gasteiger partial charge on any atom is 0.0600 e. The van der Waals surface area contributed by atoms with Crippen LogP contribution in [0.2, 0.25) is 0 Å². The van der Waals surface area contributed by atoms with Crippen molar-refractivity contribution in [3.8, 4) is 0 Å². The van der Waals surface area contributed by atoms with Gasteiger partial charge in [-0.3, -0.25) is 4.21 Å². The van der Waals surface area contributed by atoms with Crippen LogP contribution in [0.4, 0.5) is 0 Å². The maximum absolute atomic E-state index is 10.7. The Labute approximate surface area is 71.9 Å². The average molecular weight is 180 g/mol. The normalized spacial score (nSPS) is 13.4. The summed E-state index contributed by atoms with van der Waals surface area (Å²) in [6, 6.07) is 6.87. The molecule has 0 spiro atoms. The number of aromatic nitrogens is 1. The molecule has 3 nitrogen and oxygen atoms in total. The molecule has 0 aliphatic carbocycles. The molecule has 4 heteroatoms.